The summed E-state index contributed by atoms with van der Waals surface area (Å²) in [5.74, 6) is 1.69. The van der Waals surface area contributed by atoms with Crippen molar-refractivity contribution in [3.8, 4) is 22.6 Å². The first-order valence-corrected chi connectivity index (χ1v) is 14.1. The number of hydrogen-bond acceptors (Lipinski definition) is 3. The molecule has 4 nitrogen and oxygen atoms in total. The number of hydrogen-bond donors (Lipinski definition) is 0. The Kier molecular flexibility index (Phi) is 4.73. The predicted octanol–water partition coefficient (Wildman–Crippen LogP) is 8.09. The minimum Gasteiger partial charge on any atom is -0.453 e. The highest BCUT2D eigenvalue weighted by Gasteiger charge is 2.45. The molecule has 0 aliphatic carbocycles. The standard InChI is InChI=1S/C37H22BN3O/c1-39-29-17-7-5-14-26(29)24-22-32-36-33(23-24)41-31-19-9-10-20-34(31)42-35-21-11-16-28(37(35)41)38(36)27-15-6-8-18-30(27)40(32)25-12-3-2-4-13-25/h2-23H. The smallest absolute Gasteiger partial charge is 0.252 e. The van der Waals surface area contributed by atoms with Crippen LogP contribution >= 0.6 is 0 Å². The molecule has 0 saturated heterocycles. The van der Waals surface area contributed by atoms with Crippen molar-refractivity contribution in [2.45, 2.75) is 0 Å². The first-order valence-electron chi connectivity index (χ1n) is 14.1. The molecule has 0 fully saturated rings. The third-order valence-corrected chi connectivity index (χ3v) is 8.64. The van der Waals surface area contributed by atoms with Gasteiger partial charge in [0.1, 0.15) is 0 Å². The van der Waals surface area contributed by atoms with Gasteiger partial charge in [0, 0.05) is 22.7 Å². The zero-order valence-electron chi connectivity index (χ0n) is 22.5. The lowest BCUT2D eigenvalue weighted by Crippen LogP contribution is -2.61. The van der Waals surface area contributed by atoms with Crippen molar-refractivity contribution in [3.05, 3.63) is 145 Å². The Bertz CT molecular complexity index is 2120. The van der Waals surface area contributed by atoms with Gasteiger partial charge in [-0.3, -0.25) is 0 Å². The van der Waals surface area contributed by atoms with Crippen LogP contribution in [-0.2, 0) is 0 Å². The molecule has 0 radical (unpaired) electrons. The van der Waals surface area contributed by atoms with E-state index in [-0.39, 0.29) is 6.71 Å². The largest absolute Gasteiger partial charge is 0.453 e. The van der Waals surface area contributed by atoms with Crippen LogP contribution in [0.25, 0.3) is 16.0 Å². The van der Waals surface area contributed by atoms with E-state index in [1.54, 1.807) is 0 Å². The normalized spacial score (nSPS) is 13.3. The Hall–Kier alpha value is -5.73. The molecule has 0 aromatic heterocycles. The van der Waals surface area contributed by atoms with E-state index >= 15 is 0 Å². The van der Waals surface area contributed by atoms with E-state index in [0.29, 0.717) is 5.69 Å². The summed E-state index contributed by atoms with van der Waals surface area (Å²) >= 11 is 0. The van der Waals surface area contributed by atoms with Gasteiger partial charge in [-0.25, -0.2) is 4.85 Å². The zero-order chi connectivity index (χ0) is 27.8. The van der Waals surface area contributed by atoms with Crippen molar-refractivity contribution in [2.75, 3.05) is 9.80 Å². The Morgan fingerprint density at radius 3 is 2.10 bits per heavy atom. The van der Waals surface area contributed by atoms with Crippen molar-refractivity contribution in [1.82, 2.24) is 0 Å². The van der Waals surface area contributed by atoms with Crippen LogP contribution < -0.4 is 30.9 Å². The summed E-state index contributed by atoms with van der Waals surface area (Å²) in [6.45, 7) is 7.95. The van der Waals surface area contributed by atoms with E-state index in [1.165, 1.54) is 16.4 Å². The van der Waals surface area contributed by atoms with Crippen LogP contribution in [0.3, 0.4) is 0 Å². The van der Waals surface area contributed by atoms with E-state index in [1.807, 2.05) is 30.3 Å². The Labute approximate surface area is 244 Å². The predicted molar refractivity (Wildman–Crippen MR) is 172 cm³/mol. The zero-order valence-corrected chi connectivity index (χ0v) is 22.5. The molecule has 0 N–H and O–H groups in total. The fraction of sp³-hybridized carbons (Fsp3) is 0. The van der Waals surface area contributed by atoms with Gasteiger partial charge in [-0.1, -0.05) is 84.9 Å². The molecule has 6 aromatic rings. The van der Waals surface area contributed by atoms with Gasteiger partial charge in [-0.05, 0) is 76.0 Å². The third-order valence-electron chi connectivity index (χ3n) is 8.64. The van der Waals surface area contributed by atoms with E-state index in [4.69, 9.17) is 11.3 Å². The van der Waals surface area contributed by atoms with Crippen molar-refractivity contribution in [3.63, 3.8) is 0 Å². The highest BCUT2D eigenvalue weighted by atomic mass is 16.5. The maximum Gasteiger partial charge on any atom is 0.252 e. The quantitative estimate of drug-likeness (QED) is 0.165. The number of nitrogens with zero attached hydrogens (tertiary/aromatic N) is 3. The number of benzene rings is 6. The monoisotopic (exact) mass is 535 g/mol. The molecule has 0 amide bonds. The molecule has 0 bridgehead atoms. The lowest BCUT2D eigenvalue weighted by Gasteiger charge is -2.46. The average Bonchev–Trinajstić information content (AvgIpc) is 3.06. The van der Waals surface area contributed by atoms with Crippen LogP contribution in [0.5, 0.6) is 11.5 Å². The lowest BCUT2D eigenvalue weighted by atomic mass is 9.33. The van der Waals surface area contributed by atoms with Gasteiger partial charge in [0.15, 0.2) is 17.2 Å². The first-order chi connectivity index (χ1) is 20.8. The second-order valence-corrected chi connectivity index (χ2v) is 10.8. The van der Waals surface area contributed by atoms with Crippen LogP contribution in [0.4, 0.5) is 39.8 Å². The Morgan fingerprint density at radius 1 is 0.571 bits per heavy atom. The highest BCUT2D eigenvalue weighted by molar-refractivity contribution is 7.00. The number of anilines is 6. The average molecular weight is 535 g/mol. The van der Waals surface area contributed by atoms with Crippen LogP contribution in [0.1, 0.15) is 0 Å². The Morgan fingerprint density at radius 2 is 1.24 bits per heavy atom. The summed E-state index contributed by atoms with van der Waals surface area (Å²) in [5.41, 5.74) is 12.9. The number of para-hydroxylation sites is 6. The van der Waals surface area contributed by atoms with E-state index < -0.39 is 0 Å². The topological polar surface area (TPSA) is 20.1 Å². The molecule has 6 aromatic carbocycles. The summed E-state index contributed by atoms with van der Waals surface area (Å²) in [5, 5.41) is 0. The van der Waals surface area contributed by atoms with E-state index in [9.17, 15) is 0 Å². The molecule has 9 rings (SSSR count). The van der Waals surface area contributed by atoms with Crippen LogP contribution in [0, 0.1) is 6.57 Å². The summed E-state index contributed by atoms with van der Waals surface area (Å²) in [4.78, 5) is 8.66. The minimum atomic E-state index is 0.0244. The minimum absolute atomic E-state index is 0.0244. The molecular weight excluding hydrogens is 513 g/mol. The van der Waals surface area contributed by atoms with Gasteiger partial charge in [0.2, 0.25) is 0 Å². The molecule has 42 heavy (non-hydrogen) atoms. The van der Waals surface area contributed by atoms with Crippen LogP contribution in [0.2, 0.25) is 0 Å². The maximum absolute atomic E-state index is 7.93. The van der Waals surface area contributed by atoms with E-state index in [0.717, 1.165) is 56.8 Å². The fourth-order valence-electron chi connectivity index (χ4n) is 6.97. The van der Waals surface area contributed by atoms with Crippen molar-refractivity contribution in [2.24, 2.45) is 0 Å². The third kappa shape index (κ3) is 3.06. The molecule has 3 aliphatic heterocycles. The molecular formula is C37H22BN3O. The molecule has 5 heteroatoms. The molecule has 194 valence electrons. The van der Waals surface area contributed by atoms with Gasteiger partial charge >= 0.3 is 0 Å². The fourth-order valence-corrected chi connectivity index (χ4v) is 6.97. The first kappa shape index (κ1) is 23.0. The van der Waals surface area contributed by atoms with Crippen LogP contribution in [-0.4, -0.2) is 6.71 Å². The lowest BCUT2D eigenvalue weighted by molar-refractivity contribution is 0.477. The molecule has 3 heterocycles. The van der Waals surface area contributed by atoms with Crippen molar-refractivity contribution < 1.29 is 4.74 Å². The van der Waals surface area contributed by atoms with Crippen LogP contribution in [0.15, 0.2) is 133 Å². The van der Waals surface area contributed by atoms with E-state index in [2.05, 4.69) is 118 Å². The van der Waals surface area contributed by atoms with Gasteiger partial charge in [0.25, 0.3) is 6.71 Å². The summed E-state index contributed by atoms with van der Waals surface area (Å²) < 4.78 is 6.52. The molecule has 0 saturated carbocycles. The molecule has 0 spiro atoms. The number of ether oxygens (including phenoxy) is 1. The second-order valence-electron chi connectivity index (χ2n) is 10.8. The molecule has 3 aliphatic rings. The molecule has 0 atom stereocenters. The van der Waals surface area contributed by atoms with Gasteiger partial charge in [-0.15, -0.1) is 0 Å². The van der Waals surface area contributed by atoms with Gasteiger partial charge in [0.05, 0.1) is 17.9 Å². The second kappa shape index (κ2) is 8.64. The van der Waals surface area contributed by atoms with Gasteiger partial charge in [-0.2, -0.15) is 0 Å². The van der Waals surface area contributed by atoms with Gasteiger partial charge < -0.3 is 14.5 Å². The summed E-state index contributed by atoms with van der Waals surface area (Å²) in [7, 11) is 0. The summed E-state index contributed by atoms with van der Waals surface area (Å²) in [6.07, 6.45) is 0. The number of rotatable bonds is 2. The van der Waals surface area contributed by atoms with Crippen molar-refractivity contribution >= 4 is 62.9 Å². The highest BCUT2D eigenvalue weighted by Crippen LogP contribution is 2.53. The molecule has 0 unspecified atom stereocenters. The Balaban J connectivity index is 1.45. The summed E-state index contributed by atoms with van der Waals surface area (Å²) in [6, 6.07) is 46.4. The van der Waals surface area contributed by atoms with Crippen molar-refractivity contribution in [1.29, 1.82) is 0 Å². The maximum atomic E-state index is 7.93. The SMILES string of the molecule is [C-]#[N+]c1ccccc1-c1cc2c3c(c1)N1c4ccccc4Oc4cccc(c41)B3c1ccccc1N2c1ccccc1. The number of fused-ring (bicyclic) bond motifs is 6.